The van der Waals surface area contributed by atoms with Crippen molar-refractivity contribution in [2.75, 3.05) is 11.1 Å². The molecule has 0 aromatic heterocycles. The van der Waals surface area contributed by atoms with Crippen molar-refractivity contribution in [3.05, 3.63) is 83.9 Å². The third kappa shape index (κ3) is 6.82. The molecule has 0 saturated carbocycles. The Kier molecular flexibility index (Phi) is 7.99. The van der Waals surface area contributed by atoms with Crippen LogP contribution in [0.5, 0.6) is 0 Å². The minimum atomic E-state index is -0.0214. The lowest BCUT2D eigenvalue weighted by Gasteiger charge is -2.09. The van der Waals surface area contributed by atoms with E-state index in [2.05, 4.69) is 17.4 Å². The van der Waals surface area contributed by atoms with E-state index in [-0.39, 0.29) is 11.7 Å². The number of hydrogen-bond acceptors (Lipinski definition) is 3. The van der Waals surface area contributed by atoms with E-state index in [9.17, 15) is 9.59 Å². The Hall–Kier alpha value is -3.40. The van der Waals surface area contributed by atoms with Crippen LogP contribution in [0.2, 0.25) is 0 Å². The van der Waals surface area contributed by atoms with E-state index < -0.39 is 0 Å². The zero-order valence-electron chi connectivity index (χ0n) is 18.1. The molecular weight excluding hydrogens is 384 g/mol. The number of ketones is 1. The van der Waals surface area contributed by atoms with Crippen molar-refractivity contribution in [2.45, 2.75) is 45.4 Å². The lowest BCUT2D eigenvalue weighted by atomic mass is 10.00. The number of unbranched alkanes of at least 4 members (excludes halogenated alkanes) is 3. The molecule has 0 unspecified atom stereocenters. The fourth-order valence-corrected chi connectivity index (χ4v) is 3.54. The van der Waals surface area contributed by atoms with Crippen molar-refractivity contribution in [1.82, 2.24) is 0 Å². The van der Waals surface area contributed by atoms with Gasteiger partial charge in [-0.2, -0.15) is 0 Å². The van der Waals surface area contributed by atoms with Crippen LogP contribution in [0.15, 0.2) is 72.8 Å². The Bertz CT molecular complexity index is 1010. The standard InChI is InChI=1S/C27H30N2O2/c1-20-13-18-24(28)25(19-20)29-27(31)12-8-3-2-7-11-26(30)23-16-14-22(15-17-23)21-9-5-4-6-10-21/h4-6,9-10,13-19H,2-3,7-8,11-12,28H2,1H3,(H,29,31). The van der Waals surface area contributed by atoms with Crippen molar-refractivity contribution in [2.24, 2.45) is 0 Å². The molecule has 0 aliphatic carbocycles. The van der Waals surface area contributed by atoms with Crippen LogP contribution in [-0.2, 0) is 4.79 Å². The summed E-state index contributed by atoms with van der Waals surface area (Å²) in [5.74, 6) is 0.152. The third-order valence-corrected chi connectivity index (χ3v) is 5.35. The van der Waals surface area contributed by atoms with Gasteiger partial charge in [-0.25, -0.2) is 0 Å². The molecule has 0 radical (unpaired) electrons. The van der Waals surface area contributed by atoms with Gasteiger partial charge in [0.05, 0.1) is 11.4 Å². The zero-order valence-corrected chi connectivity index (χ0v) is 18.1. The number of hydrogen-bond donors (Lipinski definition) is 2. The molecule has 3 aromatic rings. The van der Waals surface area contributed by atoms with Gasteiger partial charge in [-0.15, -0.1) is 0 Å². The number of nitrogens with two attached hydrogens (primary N) is 1. The first kappa shape index (κ1) is 22.3. The minimum Gasteiger partial charge on any atom is -0.397 e. The molecule has 4 nitrogen and oxygen atoms in total. The third-order valence-electron chi connectivity index (χ3n) is 5.35. The van der Waals surface area contributed by atoms with Crippen LogP contribution in [0.25, 0.3) is 11.1 Å². The molecule has 4 heteroatoms. The van der Waals surface area contributed by atoms with Gasteiger partial charge in [0.15, 0.2) is 5.78 Å². The molecule has 0 heterocycles. The summed E-state index contributed by atoms with van der Waals surface area (Å²) in [5, 5.41) is 2.88. The predicted molar refractivity (Wildman–Crippen MR) is 128 cm³/mol. The van der Waals surface area contributed by atoms with Gasteiger partial charge in [0.1, 0.15) is 0 Å². The molecule has 1 amide bonds. The van der Waals surface area contributed by atoms with E-state index in [1.807, 2.05) is 61.5 Å². The number of anilines is 2. The van der Waals surface area contributed by atoms with E-state index >= 15 is 0 Å². The molecule has 0 saturated heterocycles. The number of Topliss-reactive ketones (excluding diaryl/α,β-unsaturated/α-hetero) is 1. The maximum absolute atomic E-state index is 12.4. The van der Waals surface area contributed by atoms with E-state index in [0.29, 0.717) is 24.2 Å². The molecule has 0 spiro atoms. The average molecular weight is 415 g/mol. The number of carbonyl (C=O) groups excluding carboxylic acids is 2. The Morgan fingerprint density at radius 1 is 0.774 bits per heavy atom. The molecule has 3 aromatic carbocycles. The summed E-state index contributed by atoms with van der Waals surface area (Å²) in [6, 6.07) is 23.6. The Labute approximate surface area is 184 Å². The zero-order chi connectivity index (χ0) is 22.1. The molecular formula is C27H30N2O2. The van der Waals surface area contributed by atoms with Crippen LogP contribution in [0.1, 0.15) is 54.4 Å². The largest absolute Gasteiger partial charge is 0.397 e. The number of carbonyl (C=O) groups is 2. The van der Waals surface area contributed by atoms with Gasteiger partial charge >= 0.3 is 0 Å². The molecule has 160 valence electrons. The van der Waals surface area contributed by atoms with E-state index in [4.69, 9.17) is 5.73 Å². The van der Waals surface area contributed by atoms with Crippen molar-refractivity contribution in [3.63, 3.8) is 0 Å². The first-order valence-corrected chi connectivity index (χ1v) is 10.9. The smallest absolute Gasteiger partial charge is 0.224 e. The second kappa shape index (κ2) is 11.1. The van der Waals surface area contributed by atoms with Gasteiger partial charge in [0, 0.05) is 18.4 Å². The van der Waals surface area contributed by atoms with Crippen LogP contribution in [-0.4, -0.2) is 11.7 Å². The summed E-state index contributed by atoms with van der Waals surface area (Å²) < 4.78 is 0. The SMILES string of the molecule is Cc1ccc(N)c(NC(=O)CCCCCCC(=O)c2ccc(-c3ccccc3)cc2)c1. The van der Waals surface area contributed by atoms with Gasteiger partial charge in [-0.05, 0) is 48.6 Å². The highest BCUT2D eigenvalue weighted by atomic mass is 16.1. The highest BCUT2D eigenvalue weighted by molar-refractivity contribution is 5.96. The Balaban J connectivity index is 1.34. The van der Waals surface area contributed by atoms with E-state index in [1.54, 1.807) is 6.07 Å². The van der Waals surface area contributed by atoms with E-state index in [0.717, 1.165) is 47.9 Å². The van der Waals surface area contributed by atoms with Crippen LogP contribution in [0.4, 0.5) is 11.4 Å². The first-order valence-electron chi connectivity index (χ1n) is 10.9. The van der Waals surface area contributed by atoms with Gasteiger partial charge in [-0.1, -0.05) is 73.5 Å². The summed E-state index contributed by atoms with van der Waals surface area (Å²) in [6.45, 7) is 1.97. The van der Waals surface area contributed by atoms with Gasteiger partial charge in [0.25, 0.3) is 0 Å². The van der Waals surface area contributed by atoms with Crippen molar-refractivity contribution in [3.8, 4) is 11.1 Å². The monoisotopic (exact) mass is 414 g/mol. The number of nitrogen functional groups attached to an aromatic ring is 1. The van der Waals surface area contributed by atoms with Gasteiger partial charge in [0.2, 0.25) is 5.91 Å². The van der Waals surface area contributed by atoms with Crippen LogP contribution in [0, 0.1) is 6.92 Å². The molecule has 3 rings (SSSR count). The molecule has 0 fully saturated rings. The fourth-order valence-electron chi connectivity index (χ4n) is 3.54. The molecule has 3 N–H and O–H groups in total. The minimum absolute atomic E-state index is 0.0214. The van der Waals surface area contributed by atoms with Crippen molar-refractivity contribution in [1.29, 1.82) is 0 Å². The fraction of sp³-hybridized carbons (Fsp3) is 0.259. The number of amides is 1. The highest BCUT2D eigenvalue weighted by Gasteiger charge is 2.08. The molecule has 0 aliphatic heterocycles. The average Bonchev–Trinajstić information content (AvgIpc) is 2.79. The summed E-state index contributed by atoms with van der Waals surface area (Å²) in [4.78, 5) is 24.5. The van der Waals surface area contributed by atoms with Crippen LogP contribution >= 0.6 is 0 Å². The lowest BCUT2D eigenvalue weighted by Crippen LogP contribution is -2.12. The molecule has 0 atom stereocenters. The van der Waals surface area contributed by atoms with Crippen molar-refractivity contribution >= 4 is 23.1 Å². The summed E-state index contributed by atoms with van der Waals surface area (Å²) >= 11 is 0. The highest BCUT2D eigenvalue weighted by Crippen LogP contribution is 2.21. The van der Waals surface area contributed by atoms with Crippen LogP contribution in [0.3, 0.4) is 0 Å². The maximum Gasteiger partial charge on any atom is 0.224 e. The summed E-state index contributed by atoms with van der Waals surface area (Å²) in [7, 11) is 0. The predicted octanol–water partition coefficient (Wildman–Crippen LogP) is 6.41. The first-order chi connectivity index (χ1) is 15.0. The lowest BCUT2D eigenvalue weighted by molar-refractivity contribution is -0.116. The number of benzene rings is 3. The number of aryl methyl sites for hydroxylation is 1. The quantitative estimate of drug-likeness (QED) is 0.229. The normalized spacial score (nSPS) is 10.6. The van der Waals surface area contributed by atoms with Crippen LogP contribution < -0.4 is 11.1 Å². The molecule has 31 heavy (non-hydrogen) atoms. The Morgan fingerprint density at radius 2 is 1.42 bits per heavy atom. The second-order valence-corrected chi connectivity index (χ2v) is 7.92. The topological polar surface area (TPSA) is 72.2 Å². The second-order valence-electron chi connectivity index (χ2n) is 7.92. The summed E-state index contributed by atoms with van der Waals surface area (Å²) in [6.07, 6.45) is 4.51. The summed E-state index contributed by atoms with van der Waals surface area (Å²) in [5.41, 5.74) is 11.2. The molecule has 0 bridgehead atoms. The van der Waals surface area contributed by atoms with Gasteiger partial charge in [-0.3, -0.25) is 9.59 Å². The number of nitrogens with one attached hydrogen (secondary N) is 1. The van der Waals surface area contributed by atoms with E-state index in [1.165, 1.54) is 0 Å². The Morgan fingerprint density at radius 3 is 2.13 bits per heavy atom. The number of rotatable bonds is 10. The maximum atomic E-state index is 12.4. The molecule has 0 aliphatic rings. The van der Waals surface area contributed by atoms with Gasteiger partial charge < -0.3 is 11.1 Å². The van der Waals surface area contributed by atoms with Crippen molar-refractivity contribution < 1.29 is 9.59 Å².